The van der Waals surface area contributed by atoms with Gasteiger partial charge in [0.05, 0.1) is 5.41 Å². The summed E-state index contributed by atoms with van der Waals surface area (Å²) in [4.78, 5) is 0. The molecule has 28 heavy (non-hydrogen) atoms. The molecule has 166 valence electrons. The van der Waals surface area contributed by atoms with Crippen molar-refractivity contribution in [3.05, 3.63) is 0 Å². The van der Waals surface area contributed by atoms with Gasteiger partial charge in [-0.25, -0.2) is 0 Å². The molecule has 1 N–H and O–H groups in total. The first-order chi connectivity index (χ1) is 12.3. The topological polar surface area (TPSA) is 20.2 Å². The lowest BCUT2D eigenvalue weighted by atomic mass is 9.62. The molecule has 5 unspecified atom stereocenters. The van der Waals surface area contributed by atoms with Crippen LogP contribution >= 0.6 is 0 Å². The monoisotopic (exact) mass is 428 g/mol. The Kier molecular flexibility index (Phi) is 5.62. The van der Waals surface area contributed by atoms with Gasteiger partial charge in [0.1, 0.15) is 0 Å². The molecule has 0 aromatic rings. The predicted octanol–water partition coefficient (Wildman–Crippen LogP) is 6.65. The highest BCUT2D eigenvalue weighted by Crippen LogP contribution is 2.65. The van der Waals surface area contributed by atoms with E-state index in [-0.39, 0.29) is 31.6 Å². The smallest absolute Gasteiger partial charge is 0.374 e. The highest BCUT2D eigenvalue weighted by atomic mass is 19.4. The second kappa shape index (κ2) is 6.67. The number of rotatable bonds is 5. The molecule has 0 heterocycles. The van der Waals surface area contributed by atoms with Crippen molar-refractivity contribution in [3.63, 3.8) is 0 Å². The third kappa shape index (κ3) is 3.74. The standard InChI is InChI=1S/C18H25F9O/c1-4-14(3,16(19,20)21)9-13(2)7-10-5-12(13)6-11(10)8-15(28,17(22,23)24)18(25,26)27/h10-12,28H,4-9H2,1-3H3. The van der Waals surface area contributed by atoms with Crippen LogP contribution in [0.15, 0.2) is 0 Å². The maximum Gasteiger partial charge on any atom is 0.426 e. The molecule has 0 saturated heterocycles. The third-order valence-electron chi connectivity index (χ3n) is 7.31. The normalized spacial score (nSPS) is 34.0. The average Bonchev–Trinajstić information content (AvgIpc) is 3.00. The van der Waals surface area contributed by atoms with E-state index in [9.17, 15) is 44.6 Å². The first-order valence-corrected chi connectivity index (χ1v) is 9.22. The van der Waals surface area contributed by atoms with Gasteiger partial charge in [-0.05, 0) is 61.7 Å². The Balaban J connectivity index is 2.17. The molecule has 0 aliphatic heterocycles. The quantitative estimate of drug-likeness (QED) is 0.486. The van der Waals surface area contributed by atoms with Crippen LogP contribution < -0.4 is 0 Å². The van der Waals surface area contributed by atoms with E-state index in [4.69, 9.17) is 0 Å². The van der Waals surface area contributed by atoms with Crippen molar-refractivity contribution in [2.45, 2.75) is 83.4 Å². The molecule has 0 spiro atoms. The van der Waals surface area contributed by atoms with E-state index in [1.165, 1.54) is 6.92 Å². The summed E-state index contributed by atoms with van der Waals surface area (Å²) in [7, 11) is 0. The summed E-state index contributed by atoms with van der Waals surface area (Å²) < 4.78 is 118. The maximum atomic E-state index is 13.4. The molecule has 2 bridgehead atoms. The van der Waals surface area contributed by atoms with E-state index in [1.54, 1.807) is 6.92 Å². The first kappa shape index (κ1) is 23.6. The van der Waals surface area contributed by atoms with E-state index in [0.29, 0.717) is 6.42 Å². The van der Waals surface area contributed by atoms with E-state index in [0.717, 1.165) is 6.92 Å². The molecule has 2 aliphatic rings. The van der Waals surface area contributed by atoms with E-state index in [1.807, 2.05) is 0 Å². The molecule has 2 aliphatic carbocycles. The van der Waals surface area contributed by atoms with E-state index in [2.05, 4.69) is 0 Å². The second-order valence-electron chi connectivity index (χ2n) is 9.20. The fraction of sp³-hybridized carbons (Fsp3) is 1.00. The van der Waals surface area contributed by atoms with E-state index < -0.39 is 53.2 Å². The van der Waals surface area contributed by atoms with Crippen LogP contribution in [0, 0.1) is 28.6 Å². The Morgan fingerprint density at radius 2 is 1.39 bits per heavy atom. The van der Waals surface area contributed by atoms with Gasteiger partial charge in [0, 0.05) is 0 Å². The zero-order valence-corrected chi connectivity index (χ0v) is 15.8. The molecule has 0 radical (unpaired) electrons. The van der Waals surface area contributed by atoms with Crippen LogP contribution in [0.4, 0.5) is 39.5 Å². The summed E-state index contributed by atoms with van der Waals surface area (Å²) in [5.74, 6) is -1.97. The van der Waals surface area contributed by atoms with Gasteiger partial charge in [0.2, 0.25) is 0 Å². The Morgan fingerprint density at radius 3 is 1.71 bits per heavy atom. The molecule has 0 aromatic carbocycles. The predicted molar refractivity (Wildman–Crippen MR) is 83.2 cm³/mol. The third-order valence-corrected chi connectivity index (χ3v) is 7.31. The number of aliphatic hydroxyl groups is 1. The van der Waals surface area contributed by atoms with Crippen LogP contribution in [0.2, 0.25) is 0 Å². The highest BCUT2D eigenvalue weighted by Gasteiger charge is 2.71. The van der Waals surface area contributed by atoms with E-state index >= 15 is 0 Å². The number of fused-ring (bicyclic) bond motifs is 2. The molecular formula is C18H25F9O. The van der Waals surface area contributed by atoms with Crippen LogP contribution in [0.25, 0.3) is 0 Å². The molecule has 2 saturated carbocycles. The summed E-state index contributed by atoms with van der Waals surface area (Å²) in [6.07, 6.45) is -17.6. The van der Waals surface area contributed by atoms with Gasteiger partial charge in [0.25, 0.3) is 5.60 Å². The minimum absolute atomic E-state index is 0.0344. The zero-order valence-electron chi connectivity index (χ0n) is 15.8. The van der Waals surface area contributed by atoms with Crippen molar-refractivity contribution < 1.29 is 44.6 Å². The molecule has 1 nitrogen and oxygen atoms in total. The Morgan fingerprint density at radius 1 is 0.893 bits per heavy atom. The van der Waals surface area contributed by atoms with Gasteiger partial charge < -0.3 is 5.11 Å². The molecule has 5 atom stereocenters. The molecule has 0 aromatic heterocycles. The molecule has 2 rings (SSSR count). The van der Waals surface area contributed by atoms with Crippen molar-refractivity contribution in [2.75, 3.05) is 0 Å². The lowest BCUT2D eigenvalue weighted by molar-refractivity contribution is -0.373. The van der Waals surface area contributed by atoms with Crippen LogP contribution in [0.5, 0.6) is 0 Å². The molecule has 0 amide bonds. The largest absolute Gasteiger partial charge is 0.426 e. The Labute approximate surface area is 157 Å². The maximum absolute atomic E-state index is 13.4. The Hall–Kier alpha value is -0.670. The van der Waals surface area contributed by atoms with Crippen LogP contribution in [-0.2, 0) is 0 Å². The van der Waals surface area contributed by atoms with Gasteiger partial charge in [-0.1, -0.05) is 20.8 Å². The molecule has 10 heteroatoms. The SMILES string of the molecule is CCC(C)(CC1(C)CC2CC1CC2CC(O)(C(F)(F)F)C(F)(F)F)C(F)(F)F. The fourth-order valence-electron chi connectivity index (χ4n) is 5.35. The van der Waals surface area contributed by atoms with Crippen molar-refractivity contribution in [1.82, 2.24) is 0 Å². The number of halogens is 9. The first-order valence-electron chi connectivity index (χ1n) is 9.22. The lowest BCUT2D eigenvalue weighted by Crippen LogP contribution is -2.58. The fourth-order valence-corrected chi connectivity index (χ4v) is 5.35. The van der Waals surface area contributed by atoms with Gasteiger partial charge >= 0.3 is 18.5 Å². The van der Waals surface area contributed by atoms with Gasteiger partial charge in [-0.3, -0.25) is 0 Å². The summed E-state index contributed by atoms with van der Waals surface area (Å²) in [5.41, 5.74) is -7.55. The zero-order chi connectivity index (χ0) is 22.0. The summed E-state index contributed by atoms with van der Waals surface area (Å²) in [6.45, 7) is 4.17. The van der Waals surface area contributed by atoms with Gasteiger partial charge in [-0.2, -0.15) is 39.5 Å². The van der Waals surface area contributed by atoms with Crippen LogP contribution in [0.3, 0.4) is 0 Å². The van der Waals surface area contributed by atoms with Crippen LogP contribution in [0.1, 0.15) is 59.3 Å². The Bertz CT molecular complexity index is 565. The van der Waals surface area contributed by atoms with Crippen LogP contribution in [-0.4, -0.2) is 29.2 Å². The van der Waals surface area contributed by atoms with Gasteiger partial charge in [0.15, 0.2) is 0 Å². The number of hydrogen-bond donors (Lipinski definition) is 1. The number of hydrogen-bond acceptors (Lipinski definition) is 1. The summed E-state index contributed by atoms with van der Waals surface area (Å²) in [5, 5.41) is 9.44. The number of alkyl halides is 9. The van der Waals surface area contributed by atoms with Crippen molar-refractivity contribution in [1.29, 1.82) is 0 Å². The second-order valence-corrected chi connectivity index (χ2v) is 9.20. The summed E-state index contributed by atoms with van der Waals surface area (Å²) >= 11 is 0. The summed E-state index contributed by atoms with van der Waals surface area (Å²) in [6, 6.07) is 0. The van der Waals surface area contributed by atoms with Crippen molar-refractivity contribution >= 4 is 0 Å². The molecule has 2 fully saturated rings. The minimum atomic E-state index is -5.87. The highest BCUT2D eigenvalue weighted by molar-refractivity contribution is 5.07. The van der Waals surface area contributed by atoms with Crippen molar-refractivity contribution in [2.24, 2.45) is 28.6 Å². The van der Waals surface area contributed by atoms with Gasteiger partial charge in [-0.15, -0.1) is 0 Å². The molecular weight excluding hydrogens is 403 g/mol. The van der Waals surface area contributed by atoms with Crippen molar-refractivity contribution in [3.8, 4) is 0 Å². The lowest BCUT2D eigenvalue weighted by Gasteiger charge is -2.45. The average molecular weight is 428 g/mol. The minimum Gasteiger partial charge on any atom is -0.374 e.